The molecule has 4 rings (SSSR count). The van der Waals surface area contributed by atoms with Gasteiger partial charge in [0.05, 0.1) is 31.2 Å². The Morgan fingerprint density at radius 3 is 2.96 bits per heavy atom. The Bertz CT molecular complexity index is 645. The molecule has 0 aromatic heterocycles. The highest BCUT2D eigenvalue weighted by molar-refractivity contribution is 6.01. The van der Waals surface area contributed by atoms with Gasteiger partial charge in [0.15, 0.2) is 0 Å². The molecule has 0 amide bonds. The van der Waals surface area contributed by atoms with E-state index in [1.54, 1.807) is 6.07 Å². The molecule has 0 spiro atoms. The van der Waals surface area contributed by atoms with Gasteiger partial charge in [-0.1, -0.05) is 0 Å². The molecule has 8 nitrogen and oxygen atoms in total. The van der Waals surface area contributed by atoms with Gasteiger partial charge in [-0.05, 0) is 30.9 Å². The average molecular weight is 346 g/mol. The molecule has 0 radical (unpaired) electrons. The van der Waals surface area contributed by atoms with Crippen molar-refractivity contribution in [1.29, 1.82) is 0 Å². The van der Waals surface area contributed by atoms with Crippen molar-refractivity contribution in [3.05, 3.63) is 22.9 Å². The number of nitrogens with one attached hydrogen (secondary N) is 2. The number of aryl methyl sites for hydroxylation is 1. The lowest BCUT2D eigenvalue weighted by atomic mass is 10.0. The zero-order valence-electron chi connectivity index (χ0n) is 14.3. The van der Waals surface area contributed by atoms with Crippen molar-refractivity contribution in [2.45, 2.75) is 19.3 Å². The van der Waals surface area contributed by atoms with Crippen LogP contribution >= 0.6 is 0 Å². The SMILES string of the molecule is [O-]N1NC(=NCCCN2CCOCC2)Nc2cc3c(cc21)OCCC3. The van der Waals surface area contributed by atoms with Crippen LogP contribution < -0.4 is 20.7 Å². The minimum Gasteiger partial charge on any atom is -0.739 e. The van der Waals surface area contributed by atoms with Gasteiger partial charge in [0.25, 0.3) is 0 Å². The molecule has 3 aliphatic heterocycles. The summed E-state index contributed by atoms with van der Waals surface area (Å²) < 4.78 is 11.0. The van der Waals surface area contributed by atoms with Crippen LogP contribution in [0, 0.1) is 5.21 Å². The zero-order chi connectivity index (χ0) is 17.1. The molecule has 0 saturated carbocycles. The van der Waals surface area contributed by atoms with Gasteiger partial charge in [-0.15, -0.1) is 0 Å². The van der Waals surface area contributed by atoms with Gasteiger partial charge in [-0.3, -0.25) is 15.3 Å². The number of fused-ring (bicyclic) bond motifs is 2. The van der Waals surface area contributed by atoms with Crippen LogP contribution in [0.25, 0.3) is 0 Å². The predicted molar refractivity (Wildman–Crippen MR) is 97.0 cm³/mol. The molecule has 25 heavy (non-hydrogen) atoms. The van der Waals surface area contributed by atoms with Gasteiger partial charge in [0.1, 0.15) is 5.75 Å². The summed E-state index contributed by atoms with van der Waals surface area (Å²) in [6, 6.07) is 3.80. The number of hydrogen-bond donors (Lipinski definition) is 2. The summed E-state index contributed by atoms with van der Waals surface area (Å²) >= 11 is 0. The van der Waals surface area contributed by atoms with Gasteiger partial charge >= 0.3 is 0 Å². The van der Waals surface area contributed by atoms with Gasteiger partial charge in [-0.25, -0.2) is 0 Å². The number of morpholine rings is 1. The van der Waals surface area contributed by atoms with Gasteiger partial charge in [-0.2, -0.15) is 0 Å². The molecule has 1 saturated heterocycles. The molecule has 1 aromatic rings. The summed E-state index contributed by atoms with van der Waals surface area (Å²) in [6.07, 6.45) is 2.94. The van der Waals surface area contributed by atoms with Crippen molar-refractivity contribution in [2.24, 2.45) is 4.99 Å². The summed E-state index contributed by atoms with van der Waals surface area (Å²) in [6.45, 7) is 5.99. The van der Waals surface area contributed by atoms with Crippen LogP contribution in [0.1, 0.15) is 18.4 Å². The molecule has 3 heterocycles. The van der Waals surface area contributed by atoms with E-state index in [2.05, 4.69) is 20.6 Å². The number of rotatable bonds is 4. The standard InChI is InChI=1S/C17H24N5O3/c23-22-15-12-16-13(3-1-8-25-16)11-14(15)19-17(20-22)18-4-2-5-21-6-9-24-10-7-21/h11-12H,1-10H2,(H2,18,19,20)/q-1. The highest BCUT2D eigenvalue weighted by Gasteiger charge is 2.20. The fourth-order valence-corrected chi connectivity index (χ4v) is 3.35. The van der Waals surface area contributed by atoms with Crippen LogP contribution in [0.2, 0.25) is 0 Å². The van der Waals surface area contributed by atoms with Gasteiger partial charge in [0, 0.05) is 32.2 Å². The molecule has 136 valence electrons. The maximum atomic E-state index is 12.3. The minimum absolute atomic E-state index is 0.501. The third-order valence-corrected chi connectivity index (χ3v) is 4.71. The lowest BCUT2D eigenvalue weighted by Crippen LogP contribution is -2.46. The zero-order valence-corrected chi connectivity index (χ0v) is 14.3. The number of benzene rings is 1. The van der Waals surface area contributed by atoms with Crippen LogP contribution in [-0.2, 0) is 11.2 Å². The van der Waals surface area contributed by atoms with E-state index >= 15 is 0 Å². The van der Waals surface area contributed by atoms with Gasteiger partial charge in [0.2, 0.25) is 5.96 Å². The molecule has 3 aliphatic rings. The van der Waals surface area contributed by atoms with Crippen molar-refractivity contribution in [1.82, 2.24) is 10.3 Å². The third kappa shape index (κ3) is 3.81. The Hall–Kier alpha value is -2.03. The Kier molecular flexibility index (Phi) is 4.91. The van der Waals surface area contributed by atoms with E-state index in [0.717, 1.165) is 74.3 Å². The Balaban J connectivity index is 1.36. The molecule has 2 N–H and O–H groups in total. The fourth-order valence-electron chi connectivity index (χ4n) is 3.35. The van der Waals surface area contributed by atoms with Crippen molar-refractivity contribution in [3.8, 4) is 5.75 Å². The Morgan fingerprint density at radius 2 is 2.08 bits per heavy atom. The maximum absolute atomic E-state index is 12.3. The average Bonchev–Trinajstić information content (AvgIpc) is 2.65. The number of ether oxygens (including phenoxy) is 2. The monoisotopic (exact) mass is 346 g/mol. The first-order valence-corrected chi connectivity index (χ1v) is 8.95. The molecule has 0 bridgehead atoms. The number of hydrogen-bond acceptors (Lipinski definition) is 6. The van der Waals surface area contributed by atoms with E-state index in [-0.39, 0.29) is 0 Å². The molecule has 0 aliphatic carbocycles. The largest absolute Gasteiger partial charge is 0.739 e. The molecule has 1 aromatic carbocycles. The highest BCUT2D eigenvalue weighted by atomic mass is 16.5. The van der Waals surface area contributed by atoms with Crippen LogP contribution in [0.4, 0.5) is 11.4 Å². The van der Waals surface area contributed by atoms with Crippen LogP contribution in [0.15, 0.2) is 17.1 Å². The second-order valence-electron chi connectivity index (χ2n) is 6.50. The molecule has 0 atom stereocenters. The number of guanidine groups is 1. The Labute approximate surface area is 147 Å². The van der Waals surface area contributed by atoms with E-state index in [1.807, 2.05) is 6.07 Å². The highest BCUT2D eigenvalue weighted by Crippen LogP contribution is 2.36. The minimum atomic E-state index is 0.501. The van der Waals surface area contributed by atoms with Crippen LogP contribution in [-0.4, -0.2) is 56.9 Å². The fraction of sp³-hybridized carbons (Fsp3) is 0.588. The maximum Gasteiger partial charge on any atom is 0.214 e. The molecular formula is C17H24N5O3-. The van der Waals surface area contributed by atoms with E-state index in [1.165, 1.54) is 0 Å². The normalized spacial score (nSPS) is 21.8. The molecule has 0 unspecified atom stereocenters. The lowest BCUT2D eigenvalue weighted by Gasteiger charge is -2.39. The second kappa shape index (κ2) is 7.47. The van der Waals surface area contributed by atoms with E-state index in [9.17, 15) is 5.21 Å². The van der Waals surface area contributed by atoms with E-state index in [4.69, 9.17) is 9.47 Å². The van der Waals surface area contributed by atoms with Gasteiger partial charge < -0.3 is 25.2 Å². The number of aliphatic imine (C=N–C) groups is 1. The molecule has 8 heteroatoms. The topological polar surface area (TPSA) is 84.4 Å². The Morgan fingerprint density at radius 1 is 1.20 bits per heavy atom. The second-order valence-corrected chi connectivity index (χ2v) is 6.50. The summed E-state index contributed by atoms with van der Waals surface area (Å²) in [4.78, 5) is 6.87. The van der Waals surface area contributed by atoms with Crippen LogP contribution in [0.5, 0.6) is 5.75 Å². The molecule has 1 fully saturated rings. The summed E-state index contributed by atoms with van der Waals surface area (Å²) in [5.41, 5.74) is 5.20. The van der Waals surface area contributed by atoms with Crippen molar-refractivity contribution in [3.63, 3.8) is 0 Å². The first kappa shape index (κ1) is 16.4. The lowest BCUT2D eigenvalue weighted by molar-refractivity contribution is 0.0377. The predicted octanol–water partition coefficient (Wildman–Crippen LogP) is 1.32. The van der Waals surface area contributed by atoms with E-state index in [0.29, 0.717) is 24.8 Å². The number of anilines is 2. The quantitative estimate of drug-likeness (QED) is 0.796. The summed E-state index contributed by atoms with van der Waals surface area (Å²) in [5.74, 6) is 1.31. The van der Waals surface area contributed by atoms with Crippen molar-refractivity contribution < 1.29 is 9.47 Å². The third-order valence-electron chi connectivity index (χ3n) is 4.71. The van der Waals surface area contributed by atoms with E-state index < -0.39 is 0 Å². The summed E-state index contributed by atoms with van der Waals surface area (Å²) in [7, 11) is 0. The summed E-state index contributed by atoms with van der Waals surface area (Å²) in [5, 5.41) is 16.2. The molecular weight excluding hydrogens is 322 g/mol. The van der Waals surface area contributed by atoms with Crippen molar-refractivity contribution >= 4 is 17.3 Å². The first-order valence-electron chi connectivity index (χ1n) is 8.95. The first-order chi connectivity index (χ1) is 12.3. The number of hydrazine groups is 1. The van der Waals surface area contributed by atoms with Crippen LogP contribution in [0.3, 0.4) is 0 Å². The number of nitrogens with zero attached hydrogens (tertiary/aromatic N) is 3. The van der Waals surface area contributed by atoms with Crippen molar-refractivity contribution in [2.75, 3.05) is 56.5 Å². The smallest absolute Gasteiger partial charge is 0.214 e.